The number of methoxy groups -OCH3 is 1. The van der Waals surface area contributed by atoms with Crippen molar-refractivity contribution in [2.24, 2.45) is 0 Å². The zero-order chi connectivity index (χ0) is 15.9. The molecule has 2 rings (SSSR count). The Morgan fingerprint density at radius 1 is 1.36 bits per heavy atom. The highest BCUT2D eigenvalue weighted by molar-refractivity contribution is 5.94. The zero-order valence-electron chi connectivity index (χ0n) is 12.5. The van der Waals surface area contributed by atoms with Crippen LogP contribution in [-0.2, 0) is 4.74 Å². The molecule has 0 fully saturated rings. The largest absolute Gasteiger partial charge is 0.493 e. The van der Waals surface area contributed by atoms with Gasteiger partial charge in [0.15, 0.2) is 17.2 Å². The first-order valence-corrected chi connectivity index (χ1v) is 6.71. The number of esters is 1. The number of hydrogen-bond donors (Lipinski definition) is 1. The molecule has 1 N–H and O–H groups in total. The number of nitrogens with one attached hydrogen (secondary N) is 1. The lowest BCUT2D eigenvalue weighted by molar-refractivity contribution is 0.0520. The number of aromatic amines is 1. The highest BCUT2D eigenvalue weighted by Gasteiger charge is 2.20. The minimum Gasteiger partial charge on any atom is -0.493 e. The normalized spacial score (nSPS) is 10.1. The van der Waals surface area contributed by atoms with Crippen molar-refractivity contribution in [2.45, 2.75) is 6.92 Å². The molecule has 2 aromatic rings. The molecule has 116 valence electrons. The second-order valence-corrected chi connectivity index (χ2v) is 4.21. The summed E-state index contributed by atoms with van der Waals surface area (Å²) in [5.41, 5.74) is 1.19. The van der Waals surface area contributed by atoms with Gasteiger partial charge >= 0.3 is 5.97 Å². The van der Waals surface area contributed by atoms with Gasteiger partial charge in [0.05, 0.1) is 13.7 Å². The number of ether oxygens (including phenoxy) is 3. The molecule has 0 bridgehead atoms. The maximum Gasteiger partial charge on any atom is 0.361 e. The molecular formula is C15H17N3O4. The Morgan fingerprint density at radius 2 is 2.18 bits per heavy atom. The molecule has 0 aliphatic rings. The summed E-state index contributed by atoms with van der Waals surface area (Å²) in [7, 11) is 1.54. The number of carbonyl (C=O) groups excluding carboxylic acids is 1. The second kappa shape index (κ2) is 7.26. The molecule has 0 radical (unpaired) electrons. The van der Waals surface area contributed by atoms with Crippen molar-refractivity contribution in [1.29, 1.82) is 0 Å². The van der Waals surface area contributed by atoms with Crippen LogP contribution in [0.2, 0.25) is 0 Å². The van der Waals surface area contributed by atoms with Crippen LogP contribution in [0.25, 0.3) is 11.3 Å². The lowest BCUT2D eigenvalue weighted by atomic mass is 10.1. The first-order chi connectivity index (χ1) is 10.7. The minimum atomic E-state index is -0.530. The average Bonchev–Trinajstić information content (AvgIpc) is 3.02. The number of nitrogens with zero attached hydrogens (tertiary/aromatic N) is 2. The fraction of sp³-hybridized carbons (Fsp3) is 0.267. The van der Waals surface area contributed by atoms with Crippen molar-refractivity contribution in [3.8, 4) is 22.8 Å². The second-order valence-electron chi connectivity index (χ2n) is 4.21. The predicted octanol–water partition coefficient (Wildman–Crippen LogP) is 2.22. The molecule has 1 aromatic carbocycles. The van der Waals surface area contributed by atoms with Crippen LogP contribution in [0.4, 0.5) is 0 Å². The van der Waals surface area contributed by atoms with Crippen LogP contribution < -0.4 is 9.47 Å². The fourth-order valence-corrected chi connectivity index (χ4v) is 1.86. The summed E-state index contributed by atoms with van der Waals surface area (Å²) < 4.78 is 15.7. The molecule has 1 aromatic heterocycles. The zero-order valence-corrected chi connectivity index (χ0v) is 12.5. The predicted molar refractivity (Wildman–Crippen MR) is 80.0 cm³/mol. The third-order valence-corrected chi connectivity index (χ3v) is 2.81. The van der Waals surface area contributed by atoms with E-state index in [9.17, 15) is 4.79 Å². The van der Waals surface area contributed by atoms with Crippen LogP contribution >= 0.6 is 0 Å². The molecule has 0 amide bonds. The Hall–Kier alpha value is -2.83. The van der Waals surface area contributed by atoms with Gasteiger partial charge in [0.2, 0.25) is 0 Å². The topological polar surface area (TPSA) is 86.3 Å². The molecule has 0 spiro atoms. The van der Waals surface area contributed by atoms with Crippen LogP contribution in [0.1, 0.15) is 17.4 Å². The SMILES string of the molecule is C=CCOc1ccc(-c2n[nH]nc2C(=O)OCC)cc1OC. The van der Waals surface area contributed by atoms with Crippen molar-refractivity contribution < 1.29 is 19.0 Å². The molecule has 7 heteroatoms. The van der Waals surface area contributed by atoms with Crippen molar-refractivity contribution in [3.05, 3.63) is 36.5 Å². The Morgan fingerprint density at radius 3 is 2.86 bits per heavy atom. The van der Waals surface area contributed by atoms with Gasteiger partial charge in [-0.3, -0.25) is 0 Å². The van der Waals surface area contributed by atoms with Gasteiger partial charge in [-0.05, 0) is 25.1 Å². The molecule has 0 unspecified atom stereocenters. The molecule has 7 nitrogen and oxygen atoms in total. The molecule has 0 aliphatic heterocycles. The van der Waals surface area contributed by atoms with E-state index in [0.717, 1.165) is 0 Å². The van der Waals surface area contributed by atoms with Crippen LogP contribution in [0.15, 0.2) is 30.9 Å². The van der Waals surface area contributed by atoms with E-state index >= 15 is 0 Å². The Labute approximate surface area is 127 Å². The van der Waals surface area contributed by atoms with Gasteiger partial charge in [0.25, 0.3) is 0 Å². The number of benzene rings is 1. The highest BCUT2D eigenvalue weighted by Crippen LogP contribution is 2.32. The van der Waals surface area contributed by atoms with Gasteiger partial charge in [-0.2, -0.15) is 10.3 Å². The highest BCUT2D eigenvalue weighted by atomic mass is 16.5. The summed E-state index contributed by atoms with van der Waals surface area (Å²) >= 11 is 0. The molecule has 0 atom stereocenters. The lowest BCUT2D eigenvalue weighted by Gasteiger charge is -2.10. The standard InChI is InChI=1S/C15H17N3O4/c1-4-8-22-11-7-6-10(9-12(11)20-3)13-14(17-18-16-13)15(19)21-5-2/h4,6-7,9H,1,5,8H2,2-3H3,(H,16,17,18). The molecule has 0 saturated heterocycles. The van der Waals surface area contributed by atoms with E-state index in [4.69, 9.17) is 14.2 Å². The quantitative estimate of drug-likeness (QED) is 0.623. The van der Waals surface area contributed by atoms with Crippen molar-refractivity contribution in [1.82, 2.24) is 15.4 Å². The van der Waals surface area contributed by atoms with Gasteiger partial charge < -0.3 is 14.2 Å². The van der Waals surface area contributed by atoms with Crippen LogP contribution in [-0.4, -0.2) is 41.7 Å². The number of aromatic nitrogens is 3. The van der Waals surface area contributed by atoms with Crippen LogP contribution in [0, 0.1) is 0 Å². The molecule has 1 heterocycles. The molecule has 0 aliphatic carbocycles. The van der Waals surface area contributed by atoms with E-state index in [1.165, 1.54) is 7.11 Å². The van der Waals surface area contributed by atoms with E-state index in [1.54, 1.807) is 31.2 Å². The summed E-state index contributed by atoms with van der Waals surface area (Å²) in [5, 5.41) is 10.3. The van der Waals surface area contributed by atoms with Gasteiger partial charge in [-0.1, -0.05) is 12.7 Å². The third-order valence-electron chi connectivity index (χ3n) is 2.81. The van der Waals surface area contributed by atoms with Gasteiger partial charge in [0.1, 0.15) is 12.3 Å². The Balaban J connectivity index is 2.35. The molecule has 0 saturated carbocycles. The number of rotatable bonds is 7. The van der Waals surface area contributed by atoms with E-state index in [1.807, 2.05) is 0 Å². The van der Waals surface area contributed by atoms with Crippen LogP contribution in [0.3, 0.4) is 0 Å². The molecular weight excluding hydrogens is 286 g/mol. The molecule has 22 heavy (non-hydrogen) atoms. The first-order valence-electron chi connectivity index (χ1n) is 6.71. The van der Waals surface area contributed by atoms with E-state index in [2.05, 4.69) is 22.0 Å². The summed E-state index contributed by atoms with van der Waals surface area (Å²) in [6.07, 6.45) is 1.64. The maximum absolute atomic E-state index is 11.9. The average molecular weight is 303 g/mol. The maximum atomic E-state index is 11.9. The number of hydrogen-bond acceptors (Lipinski definition) is 6. The Kier molecular flexibility index (Phi) is 5.13. The summed E-state index contributed by atoms with van der Waals surface area (Å²) in [5.74, 6) is 0.571. The van der Waals surface area contributed by atoms with Crippen molar-refractivity contribution in [3.63, 3.8) is 0 Å². The van der Waals surface area contributed by atoms with Gasteiger partial charge in [-0.15, -0.1) is 5.10 Å². The number of carbonyl (C=O) groups is 1. The van der Waals surface area contributed by atoms with Crippen molar-refractivity contribution >= 4 is 5.97 Å². The summed E-state index contributed by atoms with van der Waals surface area (Å²) in [6, 6.07) is 5.22. The Bertz CT molecular complexity index is 667. The van der Waals surface area contributed by atoms with E-state index in [-0.39, 0.29) is 12.3 Å². The van der Waals surface area contributed by atoms with E-state index in [0.29, 0.717) is 29.4 Å². The van der Waals surface area contributed by atoms with E-state index < -0.39 is 5.97 Å². The summed E-state index contributed by atoms with van der Waals surface area (Å²) in [6.45, 7) is 5.96. The minimum absolute atomic E-state index is 0.128. The third kappa shape index (κ3) is 3.25. The summed E-state index contributed by atoms with van der Waals surface area (Å²) in [4.78, 5) is 11.9. The van der Waals surface area contributed by atoms with Gasteiger partial charge in [-0.25, -0.2) is 4.79 Å². The monoisotopic (exact) mass is 303 g/mol. The van der Waals surface area contributed by atoms with Gasteiger partial charge in [0, 0.05) is 5.56 Å². The fourth-order valence-electron chi connectivity index (χ4n) is 1.86. The lowest BCUT2D eigenvalue weighted by Crippen LogP contribution is -2.06. The number of H-pyrrole nitrogens is 1. The first kappa shape index (κ1) is 15.6. The van der Waals surface area contributed by atoms with Crippen LogP contribution in [0.5, 0.6) is 11.5 Å². The van der Waals surface area contributed by atoms with Crippen molar-refractivity contribution in [2.75, 3.05) is 20.3 Å². The smallest absolute Gasteiger partial charge is 0.361 e.